The third kappa shape index (κ3) is 3.39. The summed E-state index contributed by atoms with van der Waals surface area (Å²) in [5.74, 6) is 5.37. The summed E-state index contributed by atoms with van der Waals surface area (Å²) in [5, 5.41) is 13.7. The number of pyridine rings is 1. The van der Waals surface area contributed by atoms with Gasteiger partial charge in [-0.2, -0.15) is 0 Å². The van der Waals surface area contributed by atoms with E-state index in [4.69, 9.17) is 5.84 Å². The van der Waals surface area contributed by atoms with Crippen LogP contribution in [-0.4, -0.2) is 9.91 Å². The molecule has 20 heavy (non-hydrogen) atoms. The van der Waals surface area contributed by atoms with Gasteiger partial charge in [0.15, 0.2) is 0 Å². The fourth-order valence-corrected chi connectivity index (χ4v) is 1.58. The van der Waals surface area contributed by atoms with E-state index in [0.29, 0.717) is 12.4 Å². The molecule has 1 aromatic heterocycles. The maximum Gasteiger partial charge on any atom is 0.276 e. The average molecular weight is 277 g/mol. The quantitative estimate of drug-likeness (QED) is 0.438. The predicted octanol–water partition coefficient (Wildman–Crippen LogP) is 2.03. The van der Waals surface area contributed by atoms with E-state index in [1.54, 1.807) is 12.1 Å². The molecule has 0 aliphatic heterocycles. The number of nitrogens with zero attached hydrogens (tertiary/aromatic N) is 2. The summed E-state index contributed by atoms with van der Waals surface area (Å²) in [6.45, 7) is 0.360. The zero-order chi connectivity index (χ0) is 14.5. The van der Waals surface area contributed by atoms with E-state index in [1.165, 1.54) is 24.3 Å². The Kier molecular flexibility index (Phi) is 4.06. The molecule has 0 radical (unpaired) electrons. The number of nitrogens with one attached hydrogen (secondary N) is 2. The molecule has 8 heteroatoms. The van der Waals surface area contributed by atoms with Crippen LogP contribution < -0.4 is 16.6 Å². The summed E-state index contributed by atoms with van der Waals surface area (Å²) in [4.78, 5) is 14.3. The largest absolute Gasteiger partial charge is 0.366 e. The van der Waals surface area contributed by atoms with E-state index in [0.717, 1.165) is 5.56 Å². The fourth-order valence-electron chi connectivity index (χ4n) is 1.58. The zero-order valence-corrected chi connectivity index (χ0v) is 10.3. The Morgan fingerprint density at radius 1 is 1.25 bits per heavy atom. The van der Waals surface area contributed by atoms with Gasteiger partial charge in [0.2, 0.25) is 0 Å². The standard InChI is InChI=1S/C12H12FN5O2/c13-9-3-1-8(2-4-9)7-15-11-5-10(18(19)20)6-12(16-11)17-14/h1-6H,7,14H2,(H2,15,16,17). The van der Waals surface area contributed by atoms with Crippen molar-refractivity contribution in [3.8, 4) is 0 Å². The Balaban J connectivity index is 2.14. The Bertz CT molecular complexity index is 618. The van der Waals surface area contributed by atoms with Gasteiger partial charge in [0.25, 0.3) is 5.69 Å². The highest BCUT2D eigenvalue weighted by Gasteiger charge is 2.10. The van der Waals surface area contributed by atoms with Crippen molar-refractivity contribution in [3.05, 3.63) is 57.9 Å². The van der Waals surface area contributed by atoms with Crippen LogP contribution in [0.2, 0.25) is 0 Å². The number of halogens is 1. The van der Waals surface area contributed by atoms with Gasteiger partial charge >= 0.3 is 0 Å². The third-order valence-corrected chi connectivity index (χ3v) is 2.56. The van der Waals surface area contributed by atoms with Crippen LogP contribution >= 0.6 is 0 Å². The summed E-state index contributed by atoms with van der Waals surface area (Å²) in [6, 6.07) is 8.42. The Labute approximate surface area is 113 Å². The van der Waals surface area contributed by atoms with Gasteiger partial charge in [-0.1, -0.05) is 12.1 Å². The minimum atomic E-state index is -0.536. The second kappa shape index (κ2) is 5.93. The number of aromatic nitrogens is 1. The van der Waals surface area contributed by atoms with E-state index in [9.17, 15) is 14.5 Å². The molecule has 2 aromatic rings. The number of nitrogen functional groups attached to an aromatic ring is 1. The van der Waals surface area contributed by atoms with Crippen molar-refractivity contribution in [3.63, 3.8) is 0 Å². The lowest BCUT2D eigenvalue weighted by atomic mass is 10.2. The van der Waals surface area contributed by atoms with Crippen LogP contribution in [0.5, 0.6) is 0 Å². The summed E-state index contributed by atoms with van der Waals surface area (Å²) in [5.41, 5.74) is 2.95. The van der Waals surface area contributed by atoms with Gasteiger partial charge < -0.3 is 10.7 Å². The molecule has 4 N–H and O–H groups in total. The second-order valence-electron chi connectivity index (χ2n) is 3.98. The molecule has 1 aromatic carbocycles. The lowest BCUT2D eigenvalue weighted by Gasteiger charge is -2.07. The smallest absolute Gasteiger partial charge is 0.276 e. The van der Waals surface area contributed by atoms with Crippen LogP contribution in [-0.2, 0) is 6.54 Å². The second-order valence-corrected chi connectivity index (χ2v) is 3.98. The molecule has 104 valence electrons. The number of rotatable bonds is 5. The van der Waals surface area contributed by atoms with Crippen LogP contribution in [0.15, 0.2) is 36.4 Å². The highest BCUT2D eigenvalue weighted by molar-refractivity contribution is 5.54. The molecule has 0 atom stereocenters. The molecule has 0 amide bonds. The number of hydrazine groups is 1. The summed E-state index contributed by atoms with van der Waals surface area (Å²) in [7, 11) is 0. The monoisotopic (exact) mass is 277 g/mol. The van der Waals surface area contributed by atoms with E-state index in [1.807, 2.05) is 0 Å². The van der Waals surface area contributed by atoms with Gasteiger partial charge in [-0.05, 0) is 17.7 Å². The number of anilines is 2. The van der Waals surface area contributed by atoms with E-state index < -0.39 is 4.92 Å². The highest BCUT2D eigenvalue weighted by atomic mass is 19.1. The van der Waals surface area contributed by atoms with Crippen LogP contribution in [0.4, 0.5) is 21.7 Å². The Hall–Kier alpha value is -2.74. The molecule has 0 aliphatic rings. The molecule has 0 saturated heterocycles. The Morgan fingerprint density at radius 3 is 2.50 bits per heavy atom. The van der Waals surface area contributed by atoms with Crippen LogP contribution in [0, 0.1) is 15.9 Å². The number of nitro groups is 1. The average Bonchev–Trinajstić information content (AvgIpc) is 2.46. The molecule has 0 spiro atoms. The van der Waals surface area contributed by atoms with Gasteiger partial charge in [-0.3, -0.25) is 10.1 Å². The molecular formula is C12H12FN5O2. The van der Waals surface area contributed by atoms with Crippen molar-refractivity contribution in [1.82, 2.24) is 4.98 Å². The van der Waals surface area contributed by atoms with E-state index in [2.05, 4.69) is 15.7 Å². The first-order valence-corrected chi connectivity index (χ1v) is 5.70. The molecule has 1 heterocycles. The van der Waals surface area contributed by atoms with Crippen molar-refractivity contribution < 1.29 is 9.31 Å². The van der Waals surface area contributed by atoms with E-state index in [-0.39, 0.29) is 17.3 Å². The molecule has 7 nitrogen and oxygen atoms in total. The van der Waals surface area contributed by atoms with Crippen molar-refractivity contribution in [2.45, 2.75) is 6.54 Å². The van der Waals surface area contributed by atoms with Gasteiger partial charge in [-0.25, -0.2) is 15.2 Å². The number of hydrogen-bond donors (Lipinski definition) is 3. The number of nitrogens with two attached hydrogens (primary N) is 1. The van der Waals surface area contributed by atoms with Crippen LogP contribution in [0.25, 0.3) is 0 Å². The van der Waals surface area contributed by atoms with Crippen LogP contribution in [0.3, 0.4) is 0 Å². The summed E-state index contributed by atoms with van der Waals surface area (Å²) >= 11 is 0. The molecule has 0 bridgehead atoms. The first kappa shape index (κ1) is 13.7. The normalized spacial score (nSPS) is 10.1. The minimum Gasteiger partial charge on any atom is -0.366 e. The highest BCUT2D eigenvalue weighted by Crippen LogP contribution is 2.20. The van der Waals surface area contributed by atoms with Crippen molar-refractivity contribution in [2.24, 2.45) is 5.84 Å². The topological polar surface area (TPSA) is 106 Å². The lowest BCUT2D eigenvalue weighted by molar-refractivity contribution is -0.384. The minimum absolute atomic E-state index is 0.130. The van der Waals surface area contributed by atoms with Gasteiger partial charge in [0, 0.05) is 6.54 Å². The summed E-state index contributed by atoms with van der Waals surface area (Å²) in [6.07, 6.45) is 0. The first-order chi connectivity index (χ1) is 9.58. The lowest BCUT2D eigenvalue weighted by Crippen LogP contribution is -2.10. The predicted molar refractivity (Wildman–Crippen MR) is 72.4 cm³/mol. The van der Waals surface area contributed by atoms with Gasteiger partial charge in [0.05, 0.1) is 17.1 Å². The maximum atomic E-state index is 12.8. The molecule has 0 unspecified atom stereocenters. The number of hydrogen-bond acceptors (Lipinski definition) is 6. The summed E-state index contributed by atoms with van der Waals surface area (Å²) < 4.78 is 12.8. The molecule has 0 fully saturated rings. The number of benzene rings is 1. The first-order valence-electron chi connectivity index (χ1n) is 5.70. The fraction of sp³-hybridized carbons (Fsp3) is 0.0833. The van der Waals surface area contributed by atoms with Crippen molar-refractivity contribution >= 4 is 17.3 Å². The van der Waals surface area contributed by atoms with Crippen molar-refractivity contribution in [2.75, 3.05) is 10.7 Å². The Morgan fingerprint density at radius 2 is 1.90 bits per heavy atom. The van der Waals surface area contributed by atoms with E-state index >= 15 is 0 Å². The van der Waals surface area contributed by atoms with Gasteiger partial charge in [-0.15, -0.1) is 0 Å². The maximum absolute atomic E-state index is 12.8. The van der Waals surface area contributed by atoms with Gasteiger partial charge in [0.1, 0.15) is 17.5 Å². The third-order valence-electron chi connectivity index (χ3n) is 2.56. The molecule has 2 rings (SSSR count). The van der Waals surface area contributed by atoms with Crippen LogP contribution in [0.1, 0.15) is 5.56 Å². The zero-order valence-electron chi connectivity index (χ0n) is 10.3. The molecular weight excluding hydrogens is 265 g/mol. The molecule has 0 saturated carbocycles. The van der Waals surface area contributed by atoms with Crippen molar-refractivity contribution in [1.29, 1.82) is 0 Å². The molecule has 0 aliphatic carbocycles. The SMILES string of the molecule is NNc1cc([N+](=O)[O-])cc(NCc2ccc(F)cc2)n1.